The highest BCUT2D eigenvalue weighted by Crippen LogP contribution is 2.14. The number of nitrogens with one attached hydrogen (secondary N) is 2. The van der Waals surface area contributed by atoms with Crippen molar-refractivity contribution >= 4 is 40.8 Å². The maximum Gasteiger partial charge on any atom is 0.326 e. The molecule has 0 aliphatic carbocycles. The number of hydrogen-bond acceptors (Lipinski definition) is 2. The van der Waals surface area contributed by atoms with Gasteiger partial charge in [-0.3, -0.25) is 10.1 Å². The lowest BCUT2D eigenvalue weighted by Gasteiger charge is -2.07. The fourth-order valence-electron chi connectivity index (χ4n) is 1.51. The van der Waals surface area contributed by atoms with Gasteiger partial charge in [-0.1, -0.05) is 29.3 Å². The summed E-state index contributed by atoms with van der Waals surface area (Å²) < 4.78 is 0. The summed E-state index contributed by atoms with van der Waals surface area (Å²) in [5, 5.41) is 5.73. The minimum Gasteiger partial charge on any atom is -0.308 e. The van der Waals surface area contributed by atoms with Crippen LogP contribution in [-0.4, -0.2) is 11.9 Å². The fraction of sp³-hybridized carbons (Fsp3) is 0. The Bertz CT molecular complexity index is 642. The molecule has 2 aromatic rings. The molecule has 20 heavy (non-hydrogen) atoms. The summed E-state index contributed by atoms with van der Waals surface area (Å²) in [6.45, 7) is 0. The lowest BCUT2D eigenvalue weighted by molar-refractivity contribution is 0.0967. The smallest absolute Gasteiger partial charge is 0.308 e. The predicted octanol–water partition coefficient (Wildman–Crippen LogP) is 3.96. The molecule has 2 N–H and O–H groups in total. The lowest BCUT2D eigenvalue weighted by Crippen LogP contribution is -2.34. The molecule has 2 rings (SSSR count). The van der Waals surface area contributed by atoms with Crippen LogP contribution in [0.4, 0.5) is 10.5 Å². The second-order valence-corrected chi connectivity index (χ2v) is 4.80. The van der Waals surface area contributed by atoms with Crippen LogP contribution >= 0.6 is 23.2 Å². The predicted molar refractivity (Wildman–Crippen MR) is 79.4 cm³/mol. The van der Waals surface area contributed by atoms with Crippen molar-refractivity contribution in [2.75, 3.05) is 5.32 Å². The Morgan fingerprint density at radius 1 is 0.900 bits per heavy atom. The first-order chi connectivity index (χ1) is 9.54. The average Bonchev–Trinajstić information content (AvgIpc) is 2.39. The molecule has 0 aromatic heterocycles. The zero-order chi connectivity index (χ0) is 14.5. The molecule has 0 atom stereocenters. The maximum absolute atomic E-state index is 11.8. The molecule has 0 spiro atoms. The van der Waals surface area contributed by atoms with Crippen molar-refractivity contribution in [2.45, 2.75) is 0 Å². The third-order valence-corrected chi connectivity index (χ3v) is 2.90. The van der Waals surface area contributed by atoms with Crippen LogP contribution in [0.2, 0.25) is 10.0 Å². The molecule has 6 heteroatoms. The first-order valence-electron chi connectivity index (χ1n) is 5.68. The molecule has 0 unspecified atom stereocenters. The Kier molecular flexibility index (Phi) is 4.61. The van der Waals surface area contributed by atoms with Crippen molar-refractivity contribution in [1.29, 1.82) is 0 Å². The lowest BCUT2D eigenvalue weighted by atomic mass is 10.2. The van der Waals surface area contributed by atoms with Gasteiger partial charge in [0.2, 0.25) is 0 Å². The molecule has 0 fully saturated rings. The normalized spacial score (nSPS) is 9.90. The zero-order valence-electron chi connectivity index (χ0n) is 10.2. The van der Waals surface area contributed by atoms with Gasteiger partial charge in [0.15, 0.2) is 0 Å². The maximum atomic E-state index is 11.8. The van der Waals surface area contributed by atoms with E-state index in [1.807, 2.05) is 0 Å². The molecule has 0 aliphatic heterocycles. The summed E-state index contributed by atoms with van der Waals surface area (Å²) in [6.07, 6.45) is 0. The third kappa shape index (κ3) is 3.98. The number of hydrogen-bond donors (Lipinski definition) is 2. The summed E-state index contributed by atoms with van der Waals surface area (Å²) in [4.78, 5) is 23.4. The molecule has 0 aliphatic rings. The number of carbonyl (C=O) groups excluding carboxylic acids is 2. The molecule has 0 radical (unpaired) electrons. The summed E-state index contributed by atoms with van der Waals surface area (Å²) >= 11 is 11.5. The van der Waals surface area contributed by atoms with Gasteiger partial charge in [0.05, 0.1) is 0 Å². The fourth-order valence-corrected chi connectivity index (χ4v) is 1.82. The van der Waals surface area contributed by atoms with Gasteiger partial charge >= 0.3 is 6.03 Å². The molecule has 0 saturated carbocycles. The average molecular weight is 309 g/mol. The highest BCUT2D eigenvalue weighted by molar-refractivity contribution is 6.31. The quantitative estimate of drug-likeness (QED) is 0.882. The van der Waals surface area contributed by atoms with Crippen LogP contribution in [0.1, 0.15) is 10.4 Å². The topological polar surface area (TPSA) is 58.2 Å². The van der Waals surface area contributed by atoms with Crippen LogP contribution in [0.15, 0.2) is 48.5 Å². The van der Waals surface area contributed by atoms with E-state index in [1.54, 1.807) is 36.4 Å². The van der Waals surface area contributed by atoms with E-state index in [9.17, 15) is 9.59 Å². The molecule has 102 valence electrons. The summed E-state index contributed by atoms with van der Waals surface area (Å²) in [5.41, 5.74) is 0.842. The van der Waals surface area contributed by atoms with Crippen molar-refractivity contribution in [3.8, 4) is 0 Å². The molecule has 0 heterocycles. The van der Waals surface area contributed by atoms with Crippen LogP contribution < -0.4 is 10.6 Å². The summed E-state index contributed by atoms with van der Waals surface area (Å²) in [7, 11) is 0. The molecule has 0 saturated heterocycles. The van der Waals surface area contributed by atoms with Crippen LogP contribution in [0, 0.1) is 0 Å². The van der Waals surface area contributed by atoms with Crippen molar-refractivity contribution in [2.24, 2.45) is 0 Å². The number of anilines is 1. The van der Waals surface area contributed by atoms with E-state index in [2.05, 4.69) is 10.6 Å². The Labute approximate surface area is 125 Å². The second-order valence-electron chi connectivity index (χ2n) is 3.93. The Morgan fingerprint density at radius 3 is 2.25 bits per heavy atom. The largest absolute Gasteiger partial charge is 0.326 e. The van der Waals surface area contributed by atoms with E-state index in [0.717, 1.165) is 0 Å². The van der Waals surface area contributed by atoms with Crippen molar-refractivity contribution in [3.63, 3.8) is 0 Å². The number of benzene rings is 2. The zero-order valence-corrected chi connectivity index (χ0v) is 11.7. The molecule has 3 amide bonds. The Balaban J connectivity index is 1.97. The minimum absolute atomic E-state index is 0.343. The van der Waals surface area contributed by atoms with Gasteiger partial charge in [-0.15, -0.1) is 0 Å². The van der Waals surface area contributed by atoms with E-state index < -0.39 is 11.9 Å². The van der Waals surface area contributed by atoms with E-state index >= 15 is 0 Å². The van der Waals surface area contributed by atoms with Gasteiger partial charge in [0.1, 0.15) is 0 Å². The molecule has 4 nitrogen and oxygen atoms in total. The first kappa shape index (κ1) is 14.4. The Morgan fingerprint density at radius 2 is 1.60 bits per heavy atom. The highest BCUT2D eigenvalue weighted by atomic mass is 35.5. The number of imide groups is 1. The summed E-state index contributed by atoms with van der Waals surface area (Å²) in [5.74, 6) is -0.513. The number of rotatable bonds is 2. The number of urea groups is 1. The van der Waals surface area contributed by atoms with Gasteiger partial charge in [0.25, 0.3) is 5.91 Å². The molecular formula is C14H10Cl2N2O2. The van der Waals surface area contributed by atoms with Crippen LogP contribution in [-0.2, 0) is 0 Å². The van der Waals surface area contributed by atoms with Crippen molar-refractivity contribution in [3.05, 3.63) is 64.1 Å². The monoisotopic (exact) mass is 308 g/mol. The molecular weight excluding hydrogens is 299 g/mol. The molecule has 2 aromatic carbocycles. The van der Waals surface area contributed by atoms with Gasteiger partial charge < -0.3 is 5.32 Å². The second kappa shape index (κ2) is 6.41. The van der Waals surface area contributed by atoms with Crippen LogP contribution in [0.5, 0.6) is 0 Å². The van der Waals surface area contributed by atoms with Gasteiger partial charge in [-0.25, -0.2) is 4.79 Å². The van der Waals surface area contributed by atoms with Crippen molar-refractivity contribution in [1.82, 2.24) is 5.32 Å². The van der Waals surface area contributed by atoms with Gasteiger partial charge in [-0.05, 0) is 42.5 Å². The first-order valence-corrected chi connectivity index (χ1v) is 6.43. The van der Waals surface area contributed by atoms with Gasteiger partial charge in [0, 0.05) is 21.3 Å². The SMILES string of the molecule is O=C(NC(=O)c1ccc(Cl)cc1)Nc1cccc(Cl)c1. The van der Waals surface area contributed by atoms with E-state index in [1.165, 1.54) is 12.1 Å². The van der Waals surface area contributed by atoms with E-state index in [-0.39, 0.29) is 0 Å². The number of amides is 3. The number of halogens is 2. The number of carbonyl (C=O) groups is 2. The third-order valence-electron chi connectivity index (χ3n) is 2.42. The standard InChI is InChI=1S/C14H10Cl2N2O2/c15-10-6-4-9(5-7-10)13(19)18-14(20)17-12-3-1-2-11(16)8-12/h1-8H,(H2,17,18,19,20). The Hall–Kier alpha value is -2.04. The van der Waals surface area contributed by atoms with E-state index in [4.69, 9.17) is 23.2 Å². The minimum atomic E-state index is -0.632. The van der Waals surface area contributed by atoms with Gasteiger partial charge in [-0.2, -0.15) is 0 Å². The van der Waals surface area contributed by atoms with E-state index in [0.29, 0.717) is 21.3 Å². The van der Waals surface area contributed by atoms with Crippen LogP contribution in [0.3, 0.4) is 0 Å². The van der Waals surface area contributed by atoms with Crippen molar-refractivity contribution < 1.29 is 9.59 Å². The van der Waals surface area contributed by atoms with Crippen LogP contribution in [0.25, 0.3) is 0 Å². The summed E-state index contributed by atoms with van der Waals surface area (Å²) in [6, 6.07) is 12.2. The highest BCUT2D eigenvalue weighted by Gasteiger charge is 2.10. The molecule has 0 bridgehead atoms.